The van der Waals surface area contributed by atoms with Crippen LogP contribution in [0.25, 0.3) is 0 Å². The molecule has 0 bridgehead atoms. The molecule has 1 aliphatic heterocycles. The van der Waals surface area contributed by atoms with E-state index in [4.69, 9.17) is 15.3 Å². The molecule has 0 aliphatic carbocycles. The molecule has 21 heavy (non-hydrogen) atoms. The quantitative estimate of drug-likeness (QED) is 0.211. The first-order chi connectivity index (χ1) is 9.58. The van der Waals surface area contributed by atoms with Crippen LogP contribution in [0.4, 0.5) is 0 Å². The Bertz CT molecular complexity index is 281. The molecule has 12 heteroatoms. The van der Waals surface area contributed by atoms with E-state index in [2.05, 4.69) is 0 Å². The second-order valence-corrected chi connectivity index (χ2v) is 4.43. The van der Waals surface area contributed by atoms with Crippen molar-refractivity contribution < 1.29 is 46.0 Å². The van der Waals surface area contributed by atoms with Crippen LogP contribution in [-0.2, 0) is 0 Å². The zero-order valence-electron chi connectivity index (χ0n) is 11.1. The summed E-state index contributed by atoms with van der Waals surface area (Å²) in [5, 5.41) is 86.5. The van der Waals surface area contributed by atoms with E-state index in [9.17, 15) is 30.6 Å². The van der Waals surface area contributed by atoms with E-state index in [1.807, 2.05) is 0 Å². The Morgan fingerprint density at radius 1 is 0.476 bits per heavy atom. The number of hydrogen-bond acceptors (Lipinski definition) is 12. The van der Waals surface area contributed by atoms with Crippen LogP contribution in [0.3, 0.4) is 0 Å². The van der Waals surface area contributed by atoms with Crippen LogP contribution in [0, 0.1) is 0 Å². The van der Waals surface area contributed by atoms with Crippen LogP contribution in [0.15, 0.2) is 0 Å². The van der Waals surface area contributed by atoms with Gasteiger partial charge in [0.1, 0.15) is 0 Å². The van der Waals surface area contributed by atoms with Crippen molar-refractivity contribution in [3.05, 3.63) is 0 Å². The third kappa shape index (κ3) is 3.02. The fraction of sp³-hybridized carbons (Fsp3) is 1.00. The van der Waals surface area contributed by atoms with Gasteiger partial charge in [0, 0.05) is 19.6 Å². The van der Waals surface area contributed by atoms with Crippen molar-refractivity contribution in [2.75, 3.05) is 39.5 Å². The zero-order valence-corrected chi connectivity index (χ0v) is 11.1. The lowest BCUT2D eigenvalue weighted by Gasteiger charge is -2.60. The maximum atomic E-state index is 9.97. The van der Waals surface area contributed by atoms with Crippen LogP contribution in [-0.4, -0.2) is 118 Å². The summed E-state index contributed by atoms with van der Waals surface area (Å²) >= 11 is 0. The van der Waals surface area contributed by atoms with Crippen molar-refractivity contribution in [3.8, 4) is 0 Å². The molecule has 0 amide bonds. The molecule has 1 aliphatic rings. The molecular formula is C9H21N3O9. The van der Waals surface area contributed by atoms with E-state index in [0.717, 1.165) is 0 Å². The fourth-order valence-electron chi connectivity index (χ4n) is 2.24. The van der Waals surface area contributed by atoms with Gasteiger partial charge in [-0.2, -0.15) is 14.7 Å². The van der Waals surface area contributed by atoms with Crippen molar-refractivity contribution in [1.82, 2.24) is 14.7 Å². The van der Waals surface area contributed by atoms with Gasteiger partial charge in [-0.25, -0.2) is 0 Å². The maximum Gasteiger partial charge on any atom is 0.302 e. The molecule has 0 saturated carbocycles. The monoisotopic (exact) mass is 315 g/mol. The molecule has 0 aromatic rings. The highest BCUT2D eigenvalue weighted by atomic mass is 16.7. The molecule has 9 N–H and O–H groups in total. The maximum absolute atomic E-state index is 9.97. The van der Waals surface area contributed by atoms with E-state index >= 15 is 0 Å². The predicted molar refractivity (Wildman–Crippen MR) is 62.9 cm³/mol. The Balaban J connectivity index is 3.35. The van der Waals surface area contributed by atoms with Crippen molar-refractivity contribution in [3.63, 3.8) is 0 Å². The molecule has 12 nitrogen and oxygen atoms in total. The Morgan fingerprint density at radius 3 is 0.810 bits per heavy atom. The Labute approximate surface area is 119 Å². The minimum atomic E-state index is -3.32. The largest absolute Gasteiger partial charge is 0.395 e. The summed E-state index contributed by atoms with van der Waals surface area (Å²) < 4.78 is 0. The number of aliphatic hydroxyl groups excluding tert-OH is 3. The summed E-state index contributed by atoms with van der Waals surface area (Å²) in [4.78, 5) is 0.405. The predicted octanol–water partition coefficient (Wildman–Crippen LogP) is -6.33. The molecule has 0 radical (unpaired) electrons. The van der Waals surface area contributed by atoms with Crippen molar-refractivity contribution in [2.24, 2.45) is 0 Å². The molecule has 1 fully saturated rings. The van der Waals surface area contributed by atoms with E-state index in [1.165, 1.54) is 0 Å². The summed E-state index contributed by atoms with van der Waals surface area (Å²) in [7, 11) is 0. The molecule has 0 spiro atoms. The highest BCUT2D eigenvalue weighted by molar-refractivity contribution is 4.89. The second-order valence-electron chi connectivity index (χ2n) is 4.43. The summed E-state index contributed by atoms with van der Waals surface area (Å²) in [6.07, 6.45) is 0. The van der Waals surface area contributed by atoms with Crippen LogP contribution < -0.4 is 0 Å². The van der Waals surface area contributed by atoms with Gasteiger partial charge in [-0.3, -0.25) is 0 Å². The van der Waals surface area contributed by atoms with Crippen molar-refractivity contribution in [2.45, 2.75) is 18.1 Å². The summed E-state index contributed by atoms with van der Waals surface area (Å²) in [5.41, 5.74) is 0. The highest BCUT2D eigenvalue weighted by Crippen LogP contribution is 2.37. The summed E-state index contributed by atoms with van der Waals surface area (Å²) in [5.74, 6) is 0. The average Bonchev–Trinajstić information content (AvgIpc) is 2.36. The van der Waals surface area contributed by atoms with Gasteiger partial charge >= 0.3 is 18.1 Å². The van der Waals surface area contributed by atoms with E-state index < -0.39 is 57.6 Å². The third-order valence-corrected chi connectivity index (χ3v) is 3.14. The molecule has 126 valence electrons. The number of rotatable bonds is 6. The standard InChI is InChI=1S/C9H21N3O9/c13-4-1-10-7(16,17)11(2-5-14)9(20,21)12(3-6-15)8(10,18)19/h13-21H,1-6H2. The molecule has 0 aromatic carbocycles. The molecule has 1 saturated heterocycles. The first kappa shape index (κ1) is 18.6. The smallest absolute Gasteiger partial charge is 0.302 e. The minimum absolute atomic E-state index is 0.135. The van der Waals surface area contributed by atoms with Gasteiger partial charge in [-0.05, 0) is 0 Å². The fourth-order valence-corrected chi connectivity index (χ4v) is 2.24. The van der Waals surface area contributed by atoms with Gasteiger partial charge in [0.2, 0.25) is 0 Å². The normalized spacial score (nSPS) is 26.1. The van der Waals surface area contributed by atoms with E-state index in [1.54, 1.807) is 0 Å². The first-order valence-electron chi connectivity index (χ1n) is 6.08. The molecule has 0 unspecified atom stereocenters. The van der Waals surface area contributed by atoms with E-state index in [-0.39, 0.29) is 14.7 Å². The van der Waals surface area contributed by atoms with Gasteiger partial charge < -0.3 is 46.0 Å². The summed E-state index contributed by atoms with van der Waals surface area (Å²) in [6.45, 7) is -4.22. The Morgan fingerprint density at radius 2 is 0.667 bits per heavy atom. The molecule has 1 rings (SSSR count). The van der Waals surface area contributed by atoms with Crippen LogP contribution in [0.1, 0.15) is 0 Å². The van der Waals surface area contributed by atoms with Crippen LogP contribution in [0.2, 0.25) is 0 Å². The van der Waals surface area contributed by atoms with Gasteiger partial charge in [0.15, 0.2) is 0 Å². The number of β-amino-alcohol motifs (C(OH)–C–C–N with tert-alkyl or cyclic N) is 3. The zero-order chi connectivity index (χ0) is 16.5. The lowest BCUT2D eigenvalue weighted by Crippen LogP contribution is -2.87. The lowest BCUT2D eigenvalue weighted by molar-refractivity contribution is -0.589. The Hall–Kier alpha value is -0.480. The van der Waals surface area contributed by atoms with Crippen molar-refractivity contribution >= 4 is 0 Å². The second kappa shape index (κ2) is 6.33. The average molecular weight is 315 g/mol. The van der Waals surface area contributed by atoms with E-state index in [0.29, 0.717) is 0 Å². The van der Waals surface area contributed by atoms with Gasteiger partial charge in [0.25, 0.3) is 0 Å². The number of nitrogens with zero attached hydrogens (tertiary/aromatic N) is 3. The molecule has 1 heterocycles. The minimum Gasteiger partial charge on any atom is -0.395 e. The van der Waals surface area contributed by atoms with Crippen molar-refractivity contribution in [1.29, 1.82) is 0 Å². The topological polar surface area (TPSA) is 192 Å². The van der Waals surface area contributed by atoms with Gasteiger partial charge in [0.05, 0.1) is 19.8 Å². The van der Waals surface area contributed by atoms with Crippen LogP contribution in [0.5, 0.6) is 0 Å². The van der Waals surface area contributed by atoms with Gasteiger partial charge in [-0.1, -0.05) is 0 Å². The third-order valence-electron chi connectivity index (χ3n) is 3.14. The van der Waals surface area contributed by atoms with Crippen LogP contribution >= 0.6 is 0 Å². The van der Waals surface area contributed by atoms with Gasteiger partial charge in [-0.15, -0.1) is 0 Å². The highest BCUT2D eigenvalue weighted by Gasteiger charge is 2.67. The molecule has 0 aromatic heterocycles. The number of hydrogen-bond donors (Lipinski definition) is 9. The Kier molecular flexibility index (Phi) is 5.60. The molecule has 0 atom stereocenters. The summed E-state index contributed by atoms with van der Waals surface area (Å²) in [6, 6.07) is -9.95. The SMILES string of the molecule is OCCN1C(O)(O)N(CCO)C(O)(O)N(CCO)C1(O)O. The lowest BCUT2D eigenvalue weighted by atomic mass is 10.3. The molecular weight excluding hydrogens is 294 g/mol. The first-order valence-corrected chi connectivity index (χ1v) is 6.08. The number of aliphatic hydroxyl groups is 9.